The highest BCUT2D eigenvalue weighted by molar-refractivity contribution is 7.98. The molecule has 2 atom stereocenters. The highest BCUT2D eigenvalue weighted by Gasteiger charge is 2.41. The molecule has 3 N–H and O–H groups in total. The molecule has 2 fully saturated rings. The van der Waals surface area contributed by atoms with Gasteiger partial charge < -0.3 is 20.5 Å². The molecule has 6 heteroatoms. The molecule has 2 aliphatic rings. The van der Waals surface area contributed by atoms with Gasteiger partial charge in [-0.2, -0.15) is 11.8 Å². The Bertz CT molecular complexity index is 333. The first-order valence-corrected chi connectivity index (χ1v) is 9.38. The molecule has 1 aliphatic heterocycles. The van der Waals surface area contributed by atoms with Gasteiger partial charge in [-0.1, -0.05) is 12.8 Å². The van der Waals surface area contributed by atoms with E-state index in [2.05, 4.69) is 5.32 Å². The molecular weight excluding hydrogens is 288 g/mol. The van der Waals surface area contributed by atoms with Crippen molar-refractivity contribution in [3.05, 3.63) is 0 Å². The van der Waals surface area contributed by atoms with E-state index in [1.807, 2.05) is 6.26 Å². The average Bonchev–Trinajstić information content (AvgIpc) is 2.74. The van der Waals surface area contributed by atoms with Gasteiger partial charge in [0.2, 0.25) is 5.91 Å². The number of hydrogen-bond acceptors (Lipinski definition) is 5. The first-order valence-electron chi connectivity index (χ1n) is 7.99. The highest BCUT2D eigenvalue weighted by atomic mass is 32.2. The van der Waals surface area contributed by atoms with Crippen LogP contribution < -0.4 is 11.1 Å². The molecule has 1 heterocycles. The second kappa shape index (κ2) is 8.36. The maximum Gasteiger partial charge on any atom is 0.237 e. The molecule has 0 radical (unpaired) electrons. The number of thioether (sulfide) groups is 1. The number of rotatable bonds is 6. The molecule has 21 heavy (non-hydrogen) atoms. The normalized spacial score (nSPS) is 26.5. The molecule has 5 nitrogen and oxygen atoms in total. The Labute approximate surface area is 131 Å². The zero-order valence-electron chi connectivity index (χ0n) is 12.9. The fourth-order valence-corrected chi connectivity index (χ4v) is 3.46. The minimum Gasteiger partial charge on any atom is -0.352 e. The van der Waals surface area contributed by atoms with Crippen molar-refractivity contribution in [1.82, 2.24) is 5.32 Å². The number of nitrogens with one attached hydrogen (secondary N) is 1. The van der Waals surface area contributed by atoms with Crippen molar-refractivity contribution in [2.24, 2.45) is 5.73 Å². The summed E-state index contributed by atoms with van der Waals surface area (Å²) in [5.74, 6) is 0.433. The molecule has 2 rings (SSSR count). The molecule has 1 amide bonds. The van der Waals surface area contributed by atoms with Gasteiger partial charge in [0.15, 0.2) is 5.79 Å². The minimum absolute atomic E-state index is 0.0419. The average molecular weight is 316 g/mol. The molecule has 0 aromatic carbocycles. The summed E-state index contributed by atoms with van der Waals surface area (Å²) in [6, 6.07) is -0.424. The highest BCUT2D eigenvalue weighted by Crippen LogP contribution is 2.36. The fourth-order valence-electron chi connectivity index (χ4n) is 2.97. The zero-order chi connectivity index (χ0) is 15.1. The van der Waals surface area contributed by atoms with Crippen LogP contribution in [0.1, 0.15) is 44.9 Å². The predicted molar refractivity (Wildman–Crippen MR) is 85.2 cm³/mol. The number of carbonyl (C=O) groups is 1. The van der Waals surface area contributed by atoms with Gasteiger partial charge in [-0.05, 0) is 31.3 Å². The molecule has 2 unspecified atom stereocenters. The van der Waals surface area contributed by atoms with Crippen LogP contribution in [0.15, 0.2) is 0 Å². The standard InChI is InChI=1S/C15H28N2O3S/c1-21-9-6-13(16)14(18)17-10-12-11-19-15(20-12)7-4-2-3-5-8-15/h12-13H,2-11,16H2,1H3,(H,17,18). The fraction of sp³-hybridized carbons (Fsp3) is 0.933. The third-order valence-electron chi connectivity index (χ3n) is 4.25. The molecule has 122 valence electrons. The first kappa shape index (κ1) is 17.1. The van der Waals surface area contributed by atoms with E-state index >= 15 is 0 Å². The van der Waals surface area contributed by atoms with Crippen molar-refractivity contribution in [3.8, 4) is 0 Å². The predicted octanol–water partition coefficient (Wildman–Crippen LogP) is 1.65. The number of amides is 1. The summed E-state index contributed by atoms with van der Waals surface area (Å²) in [6.45, 7) is 1.06. The van der Waals surface area contributed by atoms with Crippen LogP contribution in [0.5, 0.6) is 0 Å². The van der Waals surface area contributed by atoms with Crippen LogP contribution in [-0.2, 0) is 14.3 Å². The molecule has 0 aromatic heterocycles. The Balaban J connectivity index is 1.71. The van der Waals surface area contributed by atoms with Gasteiger partial charge >= 0.3 is 0 Å². The van der Waals surface area contributed by atoms with Crippen LogP contribution in [0.2, 0.25) is 0 Å². The van der Waals surface area contributed by atoms with E-state index in [-0.39, 0.29) is 17.8 Å². The smallest absolute Gasteiger partial charge is 0.237 e. The van der Waals surface area contributed by atoms with Crippen molar-refractivity contribution >= 4 is 17.7 Å². The van der Waals surface area contributed by atoms with Gasteiger partial charge in [0, 0.05) is 19.4 Å². The number of carbonyl (C=O) groups excluding carboxylic acids is 1. The van der Waals surface area contributed by atoms with E-state index in [9.17, 15) is 4.79 Å². The summed E-state index contributed by atoms with van der Waals surface area (Å²) >= 11 is 1.70. The lowest BCUT2D eigenvalue weighted by Crippen LogP contribution is -2.44. The van der Waals surface area contributed by atoms with Gasteiger partial charge in [0.05, 0.1) is 12.6 Å². The lowest BCUT2D eigenvalue weighted by atomic mass is 10.1. The van der Waals surface area contributed by atoms with Crippen molar-refractivity contribution in [3.63, 3.8) is 0 Å². The topological polar surface area (TPSA) is 73.6 Å². The second-order valence-corrected chi connectivity index (χ2v) is 6.99. The van der Waals surface area contributed by atoms with Crippen LogP contribution in [0.4, 0.5) is 0 Å². The van der Waals surface area contributed by atoms with Crippen LogP contribution >= 0.6 is 11.8 Å². The number of hydrogen-bond donors (Lipinski definition) is 2. The maximum absolute atomic E-state index is 11.9. The van der Waals surface area contributed by atoms with E-state index < -0.39 is 6.04 Å². The lowest BCUT2D eigenvalue weighted by molar-refractivity contribution is -0.175. The third kappa shape index (κ3) is 5.13. The van der Waals surface area contributed by atoms with Crippen LogP contribution in [0, 0.1) is 0 Å². The Morgan fingerprint density at radius 1 is 1.38 bits per heavy atom. The largest absolute Gasteiger partial charge is 0.352 e. The minimum atomic E-state index is -0.424. The second-order valence-electron chi connectivity index (χ2n) is 6.01. The van der Waals surface area contributed by atoms with E-state index in [0.717, 1.165) is 18.6 Å². The first-order chi connectivity index (χ1) is 10.2. The third-order valence-corrected chi connectivity index (χ3v) is 4.90. The Kier molecular flexibility index (Phi) is 6.79. The van der Waals surface area contributed by atoms with Crippen LogP contribution in [0.3, 0.4) is 0 Å². The monoisotopic (exact) mass is 316 g/mol. The van der Waals surface area contributed by atoms with Crippen molar-refractivity contribution in [2.45, 2.75) is 62.9 Å². The van der Waals surface area contributed by atoms with Crippen molar-refractivity contribution in [2.75, 3.05) is 25.2 Å². The van der Waals surface area contributed by atoms with Gasteiger partial charge in [-0.3, -0.25) is 4.79 Å². The molecular formula is C15H28N2O3S. The summed E-state index contributed by atoms with van der Waals surface area (Å²) < 4.78 is 12.0. The van der Waals surface area contributed by atoms with E-state index in [4.69, 9.17) is 15.2 Å². The molecule has 0 aromatic rings. The molecule has 1 aliphatic carbocycles. The van der Waals surface area contributed by atoms with Gasteiger partial charge in [-0.25, -0.2) is 0 Å². The Hall–Kier alpha value is -0.300. The van der Waals surface area contributed by atoms with Gasteiger partial charge in [-0.15, -0.1) is 0 Å². The van der Waals surface area contributed by atoms with Gasteiger partial charge in [0.1, 0.15) is 6.10 Å². The van der Waals surface area contributed by atoms with Crippen molar-refractivity contribution in [1.29, 1.82) is 0 Å². The summed E-state index contributed by atoms with van der Waals surface area (Å²) in [5, 5.41) is 2.89. The van der Waals surface area contributed by atoms with Gasteiger partial charge in [0.25, 0.3) is 0 Å². The SMILES string of the molecule is CSCCC(N)C(=O)NCC1COC2(CCCCCC2)O1. The molecule has 1 saturated carbocycles. The van der Waals surface area contributed by atoms with E-state index in [1.165, 1.54) is 25.7 Å². The summed E-state index contributed by atoms with van der Waals surface area (Å²) in [7, 11) is 0. The molecule has 1 saturated heterocycles. The summed E-state index contributed by atoms with van der Waals surface area (Å²) in [4.78, 5) is 11.9. The summed E-state index contributed by atoms with van der Waals surface area (Å²) in [6.07, 6.45) is 9.49. The van der Waals surface area contributed by atoms with Crippen LogP contribution in [-0.4, -0.2) is 49.0 Å². The Morgan fingerprint density at radius 2 is 2.10 bits per heavy atom. The summed E-state index contributed by atoms with van der Waals surface area (Å²) in [5.41, 5.74) is 5.85. The molecule has 1 spiro atoms. The molecule has 0 bridgehead atoms. The Morgan fingerprint density at radius 3 is 2.76 bits per heavy atom. The van der Waals surface area contributed by atoms with Crippen molar-refractivity contribution < 1.29 is 14.3 Å². The zero-order valence-corrected chi connectivity index (χ0v) is 13.8. The number of nitrogens with two attached hydrogens (primary N) is 1. The van der Waals surface area contributed by atoms with Crippen LogP contribution in [0.25, 0.3) is 0 Å². The maximum atomic E-state index is 11.9. The number of ether oxygens (including phenoxy) is 2. The van der Waals surface area contributed by atoms with E-state index in [0.29, 0.717) is 19.6 Å². The lowest BCUT2D eigenvalue weighted by Gasteiger charge is -2.26. The quantitative estimate of drug-likeness (QED) is 0.779. The van der Waals surface area contributed by atoms with E-state index in [1.54, 1.807) is 11.8 Å².